The van der Waals surface area contributed by atoms with Crippen molar-refractivity contribution in [1.82, 2.24) is 20.3 Å². The van der Waals surface area contributed by atoms with Crippen molar-refractivity contribution in [2.75, 3.05) is 26.2 Å². The van der Waals surface area contributed by atoms with Crippen molar-refractivity contribution in [1.29, 1.82) is 5.41 Å². The normalized spacial score (nSPS) is 16.5. The van der Waals surface area contributed by atoms with Crippen LogP contribution in [-0.4, -0.2) is 63.3 Å². The Balaban J connectivity index is 1.48. The standard InChI is InChI=1S/C27H32N6O4S/c28-27(29)33-14-6-7-19(18-33)16-30-26(35)24(17-31-25(34)21-9-2-1-3-10-21)32-38(36,37)23-13-12-20-8-4-5-11-22(20)15-23/h1-5,8-13,15,19,24,32H,6-7,14,16-18H2,(H3,28,29)(H,30,35)(H,31,34)/t19-,24+/m0/s1. The zero-order chi connectivity index (χ0) is 27.1. The summed E-state index contributed by atoms with van der Waals surface area (Å²) in [5.74, 6) is -0.917. The van der Waals surface area contributed by atoms with Crippen LogP contribution in [0.2, 0.25) is 0 Å². The summed E-state index contributed by atoms with van der Waals surface area (Å²) in [6, 6.07) is 19.4. The monoisotopic (exact) mass is 536 g/mol. The van der Waals surface area contributed by atoms with E-state index in [1.807, 2.05) is 24.3 Å². The first kappa shape index (κ1) is 27.1. The molecule has 1 aliphatic heterocycles. The van der Waals surface area contributed by atoms with Crippen LogP contribution in [-0.2, 0) is 14.8 Å². The third kappa shape index (κ3) is 6.87. The Bertz CT molecular complexity index is 1410. The molecule has 0 unspecified atom stereocenters. The molecule has 38 heavy (non-hydrogen) atoms. The molecule has 0 aromatic heterocycles. The second-order valence-corrected chi connectivity index (χ2v) is 11.1. The molecule has 6 N–H and O–H groups in total. The number of benzene rings is 3. The van der Waals surface area contributed by atoms with Gasteiger partial charge in [0.15, 0.2) is 5.96 Å². The Morgan fingerprint density at radius 3 is 2.45 bits per heavy atom. The van der Waals surface area contributed by atoms with Crippen molar-refractivity contribution in [3.8, 4) is 0 Å². The van der Waals surface area contributed by atoms with Crippen molar-refractivity contribution in [3.63, 3.8) is 0 Å². The molecular formula is C27H32N6O4S. The molecule has 0 spiro atoms. The largest absolute Gasteiger partial charge is 0.370 e. The second-order valence-electron chi connectivity index (χ2n) is 9.34. The molecule has 11 heteroatoms. The summed E-state index contributed by atoms with van der Waals surface area (Å²) in [4.78, 5) is 27.6. The number of piperidine rings is 1. The molecule has 4 rings (SSSR count). The Morgan fingerprint density at radius 1 is 1.00 bits per heavy atom. The van der Waals surface area contributed by atoms with Crippen LogP contribution in [0, 0.1) is 11.3 Å². The summed E-state index contributed by atoms with van der Waals surface area (Å²) in [5.41, 5.74) is 6.01. The maximum atomic E-state index is 13.3. The maximum Gasteiger partial charge on any atom is 0.251 e. The summed E-state index contributed by atoms with van der Waals surface area (Å²) in [6.07, 6.45) is 1.69. The molecule has 1 heterocycles. The van der Waals surface area contributed by atoms with Gasteiger partial charge in [-0.3, -0.25) is 15.0 Å². The fourth-order valence-corrected chi connectivity index (χ4v) is 5.71. The van der Waals surface area contributed by atoms with Crippen LogP contribution in [0.1, 0.15) is 23.2 Å². The Kier molecular flexibility index (Phi) is 8.59. The Morgan fingerprint density at radius 2 is 1.71 bits per heavy atom. The fraction of sp³-hybridized carbons (Fsp3) is 0.296. The number of nitrogens with zero attached hydrogens (tertiary/aromatic N) is 1. The molecule has 10 nitrogen and oxygen atoms in total. The van der Waals surface area contributed by atoms with Crippen LogP contribution in [0.3, 0.4) is 0 Å². The summed E-state index contributed by atoms with van der Waals surface area (Å²) < 4.78 is 29.0. The topological polar surface area (TPSA) is 157 Å². The molecule has 3 aromatic rings. The van der Waals surface area contributed by atoms with E-state index >= 15 is 0 Å². The quantitative estimate of drug-likeness (QED) is 0.207. The summed E-state index contributed by atoms with van der Waals surface area (Å²) >= 11 is 0. The van der Waals surface area contributed by atoms with E-state index < -0.39 is 27.9 Å². The van der Waals surface area contributed by atoms with Crippen LogP contribution < -0.4 is 21.1 Å². The molecule has 1 aliphatic rings. The van der Waals surface area contributed by atoms with Gasteiger partial charge in [0.1, 0.15) is 6.04 Å². The highest BCUT2D eigenvalue weighted by molar-refractivity contribution is 7.89. The molecule has 2 atom stereocenters. The number of hydrogen-bond acceptors (Lipinski definition) is 5. The predicted octanol–water partition coefficient (Wildman–Crippen LogP) is 1.64. The second kappa shape index (κ2) is 12.1. The minimum atomic E-state index is -4.09. The van der Waals surface area contributed by atoms with Crippen molar-refractivity contribution >= 4 is 38.6 Å². The van der Waals surface area contributed by atoms with Crippen LogP contribution in [0.5, 0.6) is 0 Å². The van der Waals surface area contributed by atoms with Crippen LogP contribution >= 0.6 is 0 Å². The Hall–Kier alpha value is -3.96. The van der Waals surface area contributed by atoms with Crippen LogP contribution in [0.4, 0.5) is 0 Å². The molecule has 0 radical (unpaired) electrons. The molecule has 0 saturated carbocycles. The summed E-state index contributed by atoms with van der Waals surface area (Å²) in [6.45, 7) is 1.29. The number of nitrogens with one attached hydrogen (secondary N) is 4. The van der Waals surface area contributed by atoms with E-state index in [0.717, 1.165) is 23.6 Å². The van der Waals surface area contributed by atoms with E-state index in [4.69, 9.17) is 11.1 Å². The summed E-state index contributed by atoms with van der Waals surface area (Å²) in [7, 11) is -4.09. The summed E-state index contributed by atoms with van der Waals surface area (Å²) in [5, 5.41) is 14.8. The van der Waals surface area contributed by atoms with Crippen molar-refractivity contribution in [2.45, 2.75) is 23.8 Å². The van der Waals surface area contributed by atoms with E-state index in [0.29, 0.717) is 25.2 Å². The van der Waals surface area contributed by atoms with Crippen molar-refractivity contribution < 1.29 is 18.0 Å². The highest BCUT2D eigenvalue weighted by Crippen LogP contribution is 2.19. The number of sulfonamides is 1. The molecule has 1 saturated heterocycles. The van der Waals surface area contributed by atoms with Gasteiger partial charge in [0, 0.05) is 31.7 Å². The number of fused-ring (bicyclic) bond motifs is 1. The van der Waals surface area contributed by atoms with E-state index in [1.165, 1.54) is 6.07 Å². The number of rotatable bonds is 9. The lowest BCUT2D eigenvalue weighted by atomic mass is 9.98. The number of hydrogen-bond donors (Lipinski definition) is 5. The third-order valence-electron chi connectivity index (χ3n) is 6.57. The van der Waals surface area contributed by atoms with Gasteiger partial charge in [-0.05, 0) is 53.8 Å². The van der Waals surface area contributed by atoms with Gasteiger partial charge in [0.2, 0.25) is 15.9 Å². The van der Waals surface area contributed by atoms with E-state index in [2.05, 4.69) is 15.4 Å². The lowest BCUT2D eigenvalue weighted by Crippen LogP contribution is -2.54. The van der Waals surface area contributed by atoms with E-state index in [9.17, 15) is 18.0 Å². The first-order chi connectivity index (χ1) is 18.2. The molecule has 0 bridgehead atoms. The number of amides is 2. The number of guanidine groups is 1. The molecule has 1 fully saturated rings. The number of nitrogens with two attached hydrogens (primary N) is 1. The first-order valence-corrected chi connectivity index (χ1v) is 13.9. The number of carbonyl (C=O) groups excluding carboxylic acids is 2. The van der Waals surface area contributed by atoms with Gasteiger partial charge in [0.25, 0.3) is 5.91 Å². The van der Waals surface area contributed by atoms with Crippen LogP contribution in [0.25, 0.3) is 10.8 Å². The minimum absolute atomic E-state index is 0.00864. The average molecular weight is 537 g/mol. The van der Waals surface area contributed by atoms with E-state index in [-0.39, 0.29) is 23.3 Å². The molecular weight excluding hydrogens is 504 g/mol. The lowest BCUT2D eigenvalue weighted by molar-refractivity contribution is -0.122. The van der Waals surface area contributed by atoms with Crippen molar-refractivity contribution in [2.24, 2.45) is 11.7 Å². The first-order valence-electron chi connectivity index (χ1n) is 12.4. The van der Waals surface area contributed by atoms with Gasteiger partial charge < -0.3 is 21.3 Å². The van der Waals surface area contributed by atoms with Gasteiger partial charge in [-0.1, -0.05) is 48.5 Å². The number of carbonyl (C=O) groups is 2. The Labute approximate surface area is 222 Å². The zero-order valence-electron chi connectivity index (χ0n) is 20.9. The highest BCUT2D eigenvalue weighted by atomic mass is 32.2. The van der Waals surface area contributed by atoms with Gasteiger partial charge >= 0.3 is 0 Å². The molecule has 3 aromatic carbocycles. The zero-order valence-corrected chi connectivity index (χ0v) is 21.7. The van der Waals surface area contributed by atoms with Gasteiger partial charge in [-0.25, -0.2) is 8.42 Å². The average Bonchev–Trinajstić information content (AvgIpc) is 2.94. The van der Waals surface area contributed by atoms with E-state index in [1.54, 1.807) is 47.4 Å². The highest BCUT2D eigenvalue weighted by Gasteiger charge is 2.28. The number of likely N-dealkylation sites (tertiary alicyclic amines) is 1. The molecule has 2 amide bonds. The molecule has 0 aliphatic carbocycles. The lowest BCUT2D eigenvalue weighted by Gasteiger charge is -2.33. The van der Waals surface area contributed by atoms with Gasteiger partial charge in [-0.15, -0.1) is 0 Å². The third-order valence-corrected chi connectivity index (χ3v) is 8.04. The fourth-order valence-electron chi connectivity index (χ4n) is 4.48. The van der Waals surface area contributed by atoms with Gasteiger partial charge in [-0.2, -0.15) is 4.72 Å². The maximum absolute atomic E-state index is 13.3. The SMILES string of the molecule is N=C(N)N1CCC[C@@H](CNC(=O)[C@@H](CNC(=O)c2ccccc2)NS(=O)(=O)c2ccc3ccccc3c2)C1. The van der Waals surface area contributed by atoms with Crippen molar-refractivity contribution in [3.05, 3.63) is 78.4 Å². The van der Waals surface area contributed by atoms with Gasteiger partial charge in [0.05, 0.1) is 4.90 Å². The van der Waals surface area contributed by atoms with Crippen LogP contribution in [0.15, 0.2) is 77.7 Å². The smallest absolute Gasteiger partial charge is 0.251 e. The predicted molar refractivity (Wildman–Crippen MR) is 146 cm³/mol. The molecule has 200 valence electrons. The minimum Gasteiger partial charge on any atom is -0.370 e.